The molecule has 2 amide bonds. The zero-order valence-corrected chi connectivity index (χ0v) is 23.1. The standard InChI is InChI=1S/C28H37ClN2O6/c1-15-8-7-9-21(34-5)19-14-22(36-28(33)30-19)17(3)27-26(37-27)16(2)11-24(32)31(4)20-12-18(10-15)13-23(35-6)25(20)29/h7-9,12-13,16-17,19,21-22,26-27H,10-11,14H2,1-6H3,(H,30,33)/b9-7+,15-8+/t16-,17+,19?,21+,22-,26-,27-/m0/s1. The van der Waals surface area contributed by atoms with Gasteiger partial charge in [0.1, 0.15) is 16.9 Å². The van der Waals surface area contributed by atoms with E-state index in [1.807, 2.05) is 51.1 Å². The summed E-state index contributed by atoms with van der Waals surface area (Å²) in [5.74, 6) is 0.439. The number of methoxy groups -OCH3 is 2. The highest BCUT2D eigenvalue weighted by molar-refractivity contribution is 6.35. The first-order valence-corrected chi connectivity index (χ1v) is 13.1. The molecule has 8 nitrogen and oxygen atoms in total. The first kappa shape index (κ1) is 27.5. The van der Waals surface area contributed by atoms with Gasteiger partial charge in [-0.1, -0.05) is 49.2 Å². The summed E-state index contributed by atoms with van der Waals surface area (Å²) in [6.45, 7) is 6.09. The van der Waals surface area contributed by atoms with Gasteiger partial charge in [0, 0.05) is 32.9 Å². The maximum Gasteiger partial charge on any atom is 0.407 e. The highest BCUT2D eigenvalue weighted by atomic mass is 35.5. The van der Waals surface area contributed by atoms with Crippen LogP contribution in [-0.2, 0) is 25.4 Å². The number of carbonyl (C=O) groups excluding carboxylic acids is 2. The van der Waals surface area contributed by atoms with Crippen molar-refractivity contribution >= 4 is 29.3 Å². The molecular weight excluding hydrogens is 496 g/mol. The van der Waals surface area contributed by atoms with Gasteiger partial charge in [0.2, 0.25) is 5.91 Å². The molecule has 1 aromatic carbocycles. The lowest BCUT2D eigenvalue weighted by Gasteiger charge is -2.35. The van der Waals surface area contributed by atoms with Crippen LogP contribution in [-0.4, -0.2) is 63.7 Å². The van der Waals surface area contributed by atoms with Gasteiger partial charge in [-0.25, -0.2) is 4.79 Å². The van der Waals surface area contributed by atoms with E-state index in [1.54, 1.807) is 26.2 Å². The average Bonchev–Trinajstić information content (AvgIpc) is 3.67. The van der Waals surface area contributed by atoms with Crippen molar-refractivity contribution in [3.8, 4) is 5.75 Å². The van der Waals surface area contributed by atoms with Gasteiger partial charge < -0.3 is 29.2 Å². The Kier molecular flexibility index (Phi) is 8.51. The molecule has 3 aliphatic rings. The van der Waals surface area contributed by atoms with E-state index >= 15 is 0 Å². The van der Waals surface area contributed by atoms with E-state index < -0.39 is 6.09 Å². The largest absolute Gasteiger partial charge is 0.495 e. The lowest BCUT2D eigenvalue weighted by atomic mass is 9.88. The number of alkyl carbamates (subject to hydrolysis) is 1. The molecule has 2 saturated heterocycles. The van der Waals surface area contributed by atoms with Crippen LogP contribution in [0.3, 0.4) is 0 Å². The molecule has 202 valence electrons. The summed E-state index contributed by atoms with van der Waals surface area (Å²) in [6, 6.07) is 3.61. The maximum atomic E-state index is 13.3. The van der Waals surface area contributed by atoms with Crippen LogP contribution in [0.2, 0.25) is 5.02 Å². The summed E-state index contributed by atoms with van der Waals surface area (Å²) in [7, 11) is 4.94. The van der Waals surface area contributed by atoms with E-state index in [2.05, 4.69) is 5.32 Å². The fraction of sp³-hybridized carbons (Fsp3) is 0.571. The second-order valence-corrected chi connectivity index (χ2v) is 10.8. The Morgan fingerprint density at radius 1 is 1.16 bits per heavy atom. The Morgan fingerprint density at radius 3 is 2.62 bits per heavy atom. The number of ether oxygens (including phenoxy) is 4. The lowest BCUT2D eigenvalue weighted by molar-refractivity contribution is -0.119. The van der Waals surface area contributed by atoms with Crippen molar-refractivity contribution in [3.05, 3.63) is 46.5 Å². The summed E-state index contributed by atoms with van der Waals surface area (Å²) >= 11 is 6.63. The number of allylic oxidation sites excluding steroid dienone is 3. The molecule has 3 heterocycles. The third kappa shape index (κ3) is 6.13. The Morgan fingerprint density at radius 2 is 1.92 bits per heavy atom. The number of nitrogens with one attached hydrogen (secondary N) is 1. The molecular formula is C28H37ClN2O6. The van der Waals surface area contributed by atoms with Crippen LogP contribution in [0.1, 0.15) is 39.2 Å². The van der Waals surface area contributed by atoms with Gasteiger partial charge in [-0.3, -0.25) is 4.79 Å². The summed E-state index contributed by atoms with van der Waals surface area (Å²) < 4.78 is 22.9. The molecule has 7 atom stereocenters. The third-order valence-corrected chi connectivity index (χ3v) is 8.02. The van der Waals surface area contributed by atoms with E-state index in [1.165, 1.54) is 0 Å². The molecule has 9 heteroatoms. The number of halogens is 1. The minimum absolute atomic E-state index is 0.0126. The molecule has 0 saturated carbocycles. The van der Waals surface area contributed by atoms with E-state index in [4.69, 9.17) is 30.5 Å². The molecule has 37 heavy (non-hydrogen) atoms. The van der Waals surface area contributed by atoms with Gasteiger partial charge in [-0.15, -0.1) is 0 Å². The monoisotopic (exact) mass is 532 g/mol. The predicted molar refractivity (Wildman–Crippen MR) is 142 cm³/mol. The topological polar surface area (TPSA) is 89.6 Å². The number of amides is 2. The summed E-state index contributed by atoms with van der Waals surface area (Å²) in [5, 5.41) is 3.31. The Labute approximate surface area is 223 Å². The zero-order chi connectivity index (χ0) is 26.9. The molecule has 4 rings (SSSR count). The molecule has 0 radical (unpaired) electrons. The van der Waals surface area contributed by atoms with Gasteiger partial charge in [-0.2, -0.15) is 0 Å². The molecule has 4 bridgehead atoms. The highest BCUT2D eigenvalue weighted by Crippen LogP contribution is 2.41. The number of hydrogen-bond acceptors (Lipinski definition) is 6. The molecule has 0 spiro atoms. The number of carbonyl (C=O) groups is 2. The molecule has 1 N–H and O–H groups in total. The number of fused-ring (bicyclic) bond motifs is 5. The number of benzene rings is 1. The third-order valence-electron chi connectivity index (χ3n) is 7.64. The predicted octanol–water partition coefficient (Wildman–Crippen LogP) is 4.68. The van der Waals surface area contributed by atoms with Crippen molar-refractivity contribution in [1.29, 1.82) is 0 Å². The molecule has 2 fully saturated rings. The first-order chi connectivity index (χ1) is 17.6. The smallest absolute Gasteiger partial charge is 0.407 e. The van der Waals surface area contributed by atoms with Crippen LogP contribution < -0.4 is 15.0 Å². The number of rotatable bonds is 2. The summed E-state index contributed by atoms with van der Waals surface area (Å²) in [6.07, 6.45) is 6.24. The molecule has 0 aromatic heterocycles. The molecule has 1 unspecified atom stereocenters. The lowest BCUT2D eigenvalue weighted by Crippen LogP contribution is -2.53. The van der Waals surface area contributed by atoms with Crippen LogP contribution in [0.5, 0.6) is 5.75 Å². The Bertz CT molecular complexity index is 1090. The van der Waals surface area contributed by atoms with Gasteiger partial charge in [0.25, 0.3) is 0 Å². The van der Waals surface area contributed by atoms with Crippen molar-refractivity contribution in [2.45, 2.75) is 70.5 Å². The maximum absolute atomic E-state index is 13.3. The van der Waals surface area contributed by atoms with Crippen molar-refractivity contribution in [3.63, 3.8) is 0 Å². The highest BCUT2D eigenvalue weighted by Gasteiger charge is 2.51. The number of epoxide rings is 1. The minimum atomic E-state index is -0.451. The first-order valence-electron chi connectivity index (χ1n) is 12.7. The van der Waals surface area contributed by atoms with E-state index in [-0.39, 0.29) is 48.2 Å². The van der Waals surface area contributed by atoms with Crippen LogP contribution in [0.4, 0.5) is 10.5 Å². The quantitative estimate of drug-likeness (QED) is 0.556. The second kappa shape index (κ2) is 11.5. The van der Waals surface area contributed by atoms with Gasteiger partial charge >= 0.3 is 6.09 Å². The molecule has 1 aromatic rings. The Hall–Kier alpha value is -2.55. The van der Waals surface area contributed by atoms with Crippen molar-refractivity contribution in [2.75, 3.05) is 26.2 Å². The van der Waals surface area contributed by atoms with E-state index in [0.717, 1.165) is 11.1 Å². The van der Waals surface area contributed by atoms with Crippen LogP contribution in [0.15, 0.2) is 35.9 Å². The number of nitrogens with zero attached hydrogens (tertiary/aromatic N) is 1. The summed E-state index contributed by atoms with van der Waals surface area (Å²) in [4.78, 5) is 27.3. The minimum Gasteiger partial charge on any atom is -0.495 e. The average molecular weight is 533 g/mol. The van der Waals surface area contributed by atoms with Crippen LogP contribution >= 0.6 is 11.6 Å². The van der Waals surface area contributed by atoms with Crippen molar-refractivity contribution in [2.24, 2.45) is 11.8 Å². The SMILES string of the molecule is COc1cc2cc(c1Cl)N(C)C(=O)C[C@H](C)[C@@H]1O[C@H]1[C@H](C)[C@@H]1CC(NC(=O)O1)[C@H](OC)/C=C/C=C(\C)C2. The zero-order valence-electron chi connectivity index (χ0n) is 22.3. The summed E-state index contributed by atoms with van der Waals surface area (Å²) in [5.41, 5.74) is 2.69. The van der Waals surface area contributed by atoms with Gasteiger partial charge in [0.05, 0.1) is 37.2 Å². The molecule has 0 aliphatic carbocycles. The van der Waals surface area contributed by atoms with Crippen molar-refractivity contribution < 1.29 is 28.5 Å². The van der Waals surface area contributed by atoms with Gasteiger partial charge in [-0.05, 0) is 37.0 Å². The molecule has 3 aliphatic heterocycles. The fourth-order valence-corrected chi connectivity index (χ4v) is 5.64. The van der Waals surface area contributed by atoms with Crippen LogP contribution in [0.25, 0.3) is 0 Å². The van der Waals surface area contributed by atoms with Crippen LogP contribution in [0, 0.1) is 11.8 Å². The van der Waals surface area contributed by atoms with Crippen molar-refractivity contribution in [1.82, 2.24) is 5.32 Å². The Balaban J connectivity index is 1.68. The van der Waals surface area contributed by atoms with Gasteiger partial charge in [0.15, 0.2) is 0 Å². The number of anilines is 1. The normalized spacial score (nSPS) is 34.9. The van der Waals surface area contributed by atoms with E-state index in [0.29, 0.717) is 35.7 Å². The van der Waals surface area contributed by atoms with E-state index in [9.17, 15) is 9.59 Å². The second-order valence-electron chi connectivity index (χ2n) is 10.4. The fourth-order valence-electron chi connectivity index (χ4n) is 5.33. The number of hydrogen-bond donors (Lipinski definition) is 1.